The molecule has 0 aromatic heterocycles. The molecule has 104 valence electrons. The minimum atomic E-state index is 0.815. The number of rotatable bonds is 4. The Morgan fingerprint density at radius 1 is 0.650 bits per heavy atom. The number of halogens is 2. The fourth-order valence-corrected chi connectivity index (χ4v) is 2.88. The number of benzene rings is 2. The van der Waals surface area contributed by atoms with Crippen molar-refractivity contribution in [2.24, 2.45) is 0 Å². The number of quaternary nitrogens is 2. The molecule has 2 rings (SSSR count). The molecule has 0 amide bonds. The van der Waals surface area contributed by atoms with E-state index in [9.17, 15) is 0 Å². The summed E-state index contributed by atoms with van der Waals surface area (Å²) in [5.74, 6) is 0. The van der Waals surface area contributed by atoms with Crippen molar-refractivity contribution in [2.75, 3.05) is 0 Å². The summed E-state index contributed by atoms with van der Waals surface area (Å²) in [5, 5.41) is 0. The lowest BCUT2D eigenvalue weighted by molar-refractivity contribution is -0.386. The van der Waals surface area contributed by atoms with Gasteiger partial charge in [0.15, 0.2) is 0 Å². The summed E-state index contributed by atoms with van der Waals surface area (Å²) in [5.41, 5.74) is 12.6. The van der Waals surface area contributed by atoms with Gasteiger partial charge in [0, 0.05) is 20.1 Å². The van der Waals surface area contributed by atoms with Crippen LogP contribution < -0.4 is 11.5 Å². The molecule has 0 saturated carbocycles. The lowest BCUT2D eigenvalue weighted by Gasteiger charge is -2.07. The zero-order chi connectivity index (χ0) is 14.5. The van der Waals surface area contributed by atoms with Crippen molar-refractivity contribution in [3.05, 3.63) is 70.8 Å². The lowest BCUT2D eigenvalue weighted by Crippen LogP contribution is -2.47. The Balaban J connectivity index is 2.32. The zero-order valence-corrected chi connectivity index (χ0v) is 14.4. The zero-order valence-electron chi connectivity index (χ0n) is 11.2. The molecule has 0 saturated heterocycles. The average Bonchev–Trinajstić information content (AvgIpc) is 2.53. The van der Waals surface area contributed by atoms with Gasteiger partial charge < -0.3 is 11.5 Å². The first-order valence-electron chi connectivity index (χ1n) is 6.48. The Morgan fingerprint density at radius 3 is 1.20 bits per heavy atom. The molecule has 6 N–H and O–H groups in total. The van der Waals surface area contributed by atoms with Crippen molar-refractivity contribution >= 4 is 40.8 Å². The Hall–Kier alpha value is -0.940. The number of hydrogen-bond acceptors (Lipinski definition) is 0. The van der Waals surface area contributed by atoms with Crippen LogP contribution in [0.2, 0.25) is 0 Å². The normalized spacial score (nSPS) is 12.2. The molecule has 20 heavy (non-hydrogen) atoms. The molecule has 0 heterocycles. The molecule has 4 heteroatoms. The highest BCUT2D eigenvalue weighted by Crippen LogP contribution is 2.35. The molecule has 0 aliphatic rings. The summed E-state index contributed by atoms with van der Waals surface area (Å²) in [6.45, 7) is 1.63. The summed E-state index contributed by atoms with van der Waals surface area (Å²) < 4.78 is 2.10. The molecule has 0 radical (unpaired) electrons. The van der Waals surface area contributed by atoms with Crippen molar-refractivity contribution in [3.63, 3.8) is 0 Å². The summed E-state index contributed by atoms with van der Waals surface area (Å²) in [6.07, 6.45) is 0. The predicted octanol–water partition coefficient (Wildman–Crippen LogP) is 2.79. The molecular formula is C16H18Br2N2+2. The van der Waals surface area contributed by atoms with Crippen molar-refractivity contribution < 1.29 is 11.5 Å². The van der Waals surface area contributed by atoms with Crippen molar-refractivity contribution in [3.8, 4) is 0 Å². The molecule has 2 nitrogen and oxygen atoms in total. The van der Waals surface area contributed by atoms with Gasteiger partial charge in [0.25, 0.3) is 0 Å². The molecule has 2 aromatic rings. The average molecular weight is 398 g/mol. The molecule has 0 spiro atoms. The first kappa shape index (κ1) is 15.4. The second-order valence-electron chi connectivity index (χ2n) is 4.52. The summed E-state index contributed by atoms with van der Waals surface area (Å²) >= 11 is 7.35. The van der Waals surface area contributed by atoms with E-state index in [4.69, 9.17) is 0 Å². The molecule has 0 fully saturated rings. The molecule has 2 aromatic carbocycles. The Kier molecular flexibility index (Phi) is 5.54. The van der Waals surface area contributed by atoms with Crippen LogP contribution in [0.3, 0.4) is 0 Å². The second-order valence-corrected chi connectivity index (χ2v) is 6.11. The van der Waals surface area contributed by atoms with Crippen LogP contribution >= 0.6 is 31.9 Å². The van der Waals surface area contributed by atoms with E-state index in [1.165, 1.54) is 11.1 Å². The Bertz CT molecular complexity index is 546. The number of hydrogen-bond donors (Lipinski definition) is 2. The van der Waals surface area contributed by atoms with Crippen LogP contribution in [0.4, 0.5) is 0 Å². The molecule has 0 unspecified atom stereocenters. The van der Waals surface area contributed by atoms with Crippen molar-refractivity contribution in [1.82, 2.24) is 0 Å². The first-order chi connectivity index (χ1) is 9.65. The van der Waals surface area contributed by atoms with E-state index in [1.807, 2.05) is 0 Å². The first-order valence-corrected chi connectivity index (χ1v) is 8.06. The van der Waals surface area contributed by atoms with Crippen LogP contribution in [0.5, 0.6) is 0 Å². The van der Waals surface area contributed by atoms with Crippen LogP contribution in [-0.4, -0.2) is 0 Å². The summed E-state index contributed by atoms with van der Waals surface area (Å²) in [7, 11) is 0. The minimum absolute atomic E-state index is 0.815. The van der Waals surface area contributed by atoms with E-state index in [2.05, 4.69) is 91.9 Å². The fraction of sp³-hybridized carbons (Fsp3) is 0.125. The third-order valence-corrected chi connectivity index (χ3v) is 5.43. The maximum atomic E-state index is 3.89. The molecule has 0 aliphatic heterocycles. The molecule has 0 aliphatic carbocycles. The van der Waals surface area contributed by atoms with E-state index >= 15 is 0 Å². The highest BCUT2D eigenvalue weighted by atomic mass is 79.9. The van der Waals surface area contributed by atoms with Crippen LogP contribution in [0.1, 0.15) is 22.3 Å². The SMILES string of the molecule is [NH3+]Cc1ccc(/C(Br)=C(\Br)c2ccc(C[NH3+])cc2)cc1. The molecule has 0 bridgehead atoms. The van der Waals surface area contributed by atoms with E-state index in [1.54, 1.807) is 0 Å². The van der Waals surface area contributed by atoms with Gasteiger partial charge in [-0.2, -0.15) is 0 Å². The Labute approximate surface area is 136 Å². The van der Waals surface area contributed by atoms with Gasteiger partial charge in [-0.3, -0.25) is 0 Å². The van der Waals surface area contributed by atoms with Gasteiger partial charge in [-0.15, -0.1) is 0 Å². The van der Waals surface area contributed by atoms with Gasteiger partial charge in [-0.05, 0) is 43.0 Å². The maximum Gasteiger partial charge on any atom is 0.0997 e. The van der Waals surface area contributed by atoms with Crippen LogP contribution in [0.25, 0.3) is 8.96 Å². The van der Waals surface area contributed by atoms with E-state index < -0.39 is 0 Å². The van der Waals surface area contributed by atoms with Gasteiger partial charge in [0.05, 0.1) is 13.1 Å². The summed E-state index contributed by atoms with van der Waals surface area (Å²) in [4.78, 5) is 0. The van der Waals surface area contributed by atoms with E-state index in [0.29, 0.717) is 0 Å². The monoisotopic (exact) mass is 396 g/mol. The van der Waals surface area contributed by atoms with Crippen molar-refractivity contribution in [2.45, 2.75) is 13.1 Å². The second kappa shape index (κ2) is 7.18. The predicted molar refractivity (Wildman–Crippen MR) is 90.7 cm³/mol. The third kappa shape index (κ3) is 3.58. The highest BCUT2D eigenvalue weighted by molar-refractivity contribution is 9.18. The van der Waals surface area contributed by atoms with E-state index in [0.717, 1.165) is 33.2 Å². The quantitative estimate of drug-likeness (QED) is 0.745. The summed E-state index contributed by atoms with van der Waals surface area (Å²) in [6, 6.07) is 16.9. The van der Waals surface area contributed by atoms with Gasteiger partial charge in [0.1, 0.15) is 0 Å². The van der Waals surface area contributed by atoms with Gasteiger partial charge in [0.2, 0.25) is 0 Å². The highest BCUT2D eigenvalue weighted by Gasteiger charge is 2.07. The fourth-order valence-electron chi connectivity index (χ4n) is 1.89. The van der Waals surface area contributed by atoms with Gasteiger partial charge in [-0.1, -0.05) is 48.5 Å². The van der Waals surface area contributed by atoms with Crippen molar-refractivity contribution in [1.29, 1.82) is 0 Å². The van der Waals surface area contributed by atoms with E-state index in [-0.39, 0.29) is 0 Å². The Morgan fingerprint density at radius 2 is 0.950 bits per heavy atom. The largest absolute Gasteiger partial charge is 0.354 e. The topological polar surface area (TPSA) is 55.3 Å². The van der Waals surface area contributed by atoms with Gasteiger partial charge >= 0.3 is 0 Å². The van der Waals surface area contributed by atoms with Crippen LogP contribution in [0.15, 0.2) is 48.5 Å². The molecular weight excluding hydrogens is 380 g/mol. The smallest absolute Gasteiger partial charge is 0.0997 e. The van der Waals surface area contributed by atoms with Crippen LogP contribution in [0, 0.1) is 0 Å². The lowest BCUT2D eigenvalue weighted by atomic mass is 10.1. The van der Waals surface area contributed by atoms with Gasteiger partial charge in [-0.25, -0.2) is 0 Å². The molecule has 0 atom stereocenters. The maximum absolute atomic E-state index is 3.89. The minimum Gasteiger partial charge on any atom is -0.354 e. The third-order valence-electron chi connectivity index (χ3n) is 3.18. The van der Waals surface area contributed by atoms with Crippen LogP contribution in [-0.2, 0) is 13.1 Å². The standard InChI is InChI=1S/C16H16Br2N2/c17-15(13-5-1-11(9-19)2-6-13)16(18)14-7-3-12(10-20)4-8-14/h1-8H,9-10,19-20H2/p+2/b16-15+.